The molecule has 1 spiro atoms. The average molecular weight is 392 g/mol. The molecule has 2 heterocycles. The Hall–Kier alpha value is -2.37. The van der Waals surface area contributed by atoms with Crippen LogP contribution < -0.4 is 16.0 Å². The molecular weight excluding hydrogens is 358 g/mol. The second-order valence-corrected chi connectivity index (χ2v) is 8.63. The van der Waals surface area contributed by atoms with Gasteiger partial charge in [0.05, 0.1) is 23.5 Å². The summed E-state index contributed by atoms with van der Waals surface area (Å²) < 4.78 is 0. The van der Waals surface area contributed by atoms with Crippen LogP contribution in [0.15, 0.2) is 47.5 Å². The molecule has 2 aliphatic rings. The third-order valence-electron chi connectivity index (χ3n) is 6.01. The minimum atomic E-state index is -0.109. The van der Waals surface area contributed by atoms with E-state index in [0.29, 0.717) is 6.54 Å². The molecule has 1 fully saturated rings. The number of amidine groups is 1. The van der Waals surface area contributed by atoms with Crippen LogP contribution in [0.2, 0.25) is 0 Å². The van der Waals surface area contributed by atoms with Crippen LogP contribution in [0.1, 0.15) is 29.5 Å². The molecule has 1 saturated heterocycles. The second-order valence-electron chi connectivity index (χ2n) is 8.63. The number of benzene rings is 2. The lowest BCUT2D eigenvalue weighted by molar-refractivity contribution is 0.413. The van der Waals surface area contributed by atoms with E-state index in [2.05, 4.69) is 84.3 Å². The number of likely N-dealkylation sites (N-methyl/N-ethyl adjacent to an activating group) is 1. The summed E-state index contributed by atoms with van der Waals surface area (Å²) in [6.07, 6.45) is 3.09. The Morgan fingerprint density at radius 2 is 1.86 bits per heavy atom. The van der Waals surface area contributed by atoms with E-state index in [0.717, 1.165) is 44.7 Å². The summed E-state index contributed by atoms with van der Waals surface area (Å²) >= 11 is 0. The largest absolute Gasteiger partial charge is 0.371 e. The molecule has 0 unspecified atom stereocenters. The van der Waals surface area contributed by atoms with Crippen molar-refractivity contribution in [3.63, 3.8) is 0 Å². The summed E-state index contributed by atoms with van der Waals surface area (Å²) in [5, 5.41) is 11.2. The highest BCUT2D eigenvalue weighted by Crippen LogP contribution is 2.38. The molecule has 0 aromatic heterocycles. The van der Waals surface area contributed by atoms with Crippen molar-refractivity contribution in [2.24, 2.45) is 4.99 Å². The number of nitrogens with zero attached hydrogens (tertiary/aromatic N) is 2. The molecule has 2 aromatic carbocycles. The van der Waals surface area contributed by atoms with Crippen LogP contribution in [-0.4, -0.2) is 50.0 Å². The zero-order valence-corrected chi connectivity index (χ0v) is 17.9. The Labute approximate surface area is 174 Å². The second kappa shape index (κ2) is 8.56. The van der Waals surface area contributed by atoms with Crippen molar-refractivity contribution >= 4 is 17.2 Å². The Kier molecular flexibility index (Phi) is 5.88. The van der Waals surface area contributed by atoms with Crippen molar-refractivity contribution in [2.45, 2.75) is 38.3 Å². The van der Waals surface area contributed by atoms with Crippen LogP contribution in [0.4, 0.5) is 11.4 Å². The van der Waals surface area contributed by atoms with E-state index in [4.69, 9.17) is 4.99 Å². The number of nitrogens with one attached hydrogen (secondary N) is 3. The highest BCUT2D eigenvalue weighted by molar-refractivity contribution is 6.10. The van der Waals surface area contributed by atoms with E-state index in [1.165, 1.54) is 28.1 Å². The summed E-state index contributed by atoms with van der Waals surface area (Å²) in [6, 6.07) is 15.2. The Morgan fingerprint density at radius 3 is 2.62 bits per heavy atom. The first-order chi connectivity index (χ1) is 14.1. The van der Waals surface area contributed by atoms with Crippen LogP contribution in [0.5, 0.6) is 0 Å². The average Bonchev–Trinajstić information content (AvgIpc) is 2.71. The first-order valence-electron chi connectivity index (χ1n) is 10.7. The maximum Gasteiger partial charge on any atom is 0.127 e. The van der Waals surface area contributed by atoms with E-state index < -0.39 is 0 Å². The number of hydrogen-bond acceptors (Lipinski definition) is 4. The maximum atomic E-state index is 5.11. The fourth-order valence-corrected chi connectivity index (χ4v) is 4.35. The molecule has 5 heteroatoms. The molecule has 0 bridgehead atoms. The number of anilines is 2. The molecule has 0 atom stereocenters. The fraction of sp³-hybridized carbons (Fsp3) is 0.458. The molecule has 0 radical (unpaired) electrons. The number of aliphatic imine (C=N–C) groups is 1. The van der Waals surface area contributed by atoms with Gasteiger partial charge in [0, 0.05) is 6.54 Å². The van der Waals surface area contributed by atoms with Crippen molar-refractivity contribution in [3.8, 4) is 0 Å². The van der Waals surface area contributed by atoms with Crippen molar-refractivity contribution < 1.29 is 0 Å². The Morgan fingerprint density at radius 1 is 1.07 bits per heavy atom. The fourth-order valence-electron chi connectivity index (χ4n) is 4.35. The zero-order chi connectivity index (χ0) is 20.3. The minimum Gasteiger partial charge on any atom is -0.371 e. The number of rotatable bonds is 5. The van der Waals surface area contributed by atoms with Gasteiger partial charge in [-0.2, -0.15) is 0 Å². The summed E-state index contributed by atoms with van der Waals surface area (Å²) in [4.78, 5) is 7.34. The molecular formula is C24H33N5. The van der Waals surface area contributed by atoms with Gasteiger partial charge < -0.3 is 20.9 Å². The smallest absolute Gasteiger partial charge is 0.127 e. The van der Waals surface area contributed by atoms with Gasteiger partial charge >= 0.3 is 0 Å². The van der Waals surface area contributed by atoms with Crippen LogP contribution in [0.25, 0.3) is 0 Å². The van der Waals surface area contributed by atoms with Gasteiger partial charge in [0.15, 0.2) is 0 Å². The van der Waals surface area contributed by atoms with Gasteiger partial charge in [-0.25, -0.2) is 0 Å². The molecule has 0 saturated carbocycles. The monoisotopic (exact) mass is 391 g/mol. The van der Waals surface area contributed by atoms with Crippen molar-refractivity contribution in [1.82, 2.24) is 10.2 Å². The highest BCUT2D eigenvalue weighted by atomic mass is 15.2. The highest BCUT2D eigenvalue weighted by Gasteiger charge is 2.41. The summed E-state index contributed by atoms with van der Waals surface area (Å²) in [5.41, 5.74) is 6.18. The standard InChI is InChI=1S/C24H33N5/c1-18-6-4-7-19(16-18)17-26-23-24(11-13-25-14-12-24)28-21-9-5-8-20(22(21)27-23)10-15-29(2)3/h4-9,16,25,28H,10-15,17H2,1-3H3,(H,26,27). The third-order valence-corrected chi connectivity index (χ3v) is 6.01. The lowest BCUT2D eigenvalue weighted by atomic mass is 9.84. The van der Waals surface area contributed by atoms with E-state index >= 15 is 0 Å². The van der Waals surface area contributed by atoms with Crippen molar-refractivity contribution in [2.75, 3.05) is 44.4 Å². The number of para-hydroxylation sites is 1. The van der Waals surface area contributed by atoms with E-state index in [1.807, 2.05) is 0 Å². The molecule has 2 aliphatic heterocycles. The minimum absolute atomic E-state index is 0.109. The van der Waals surface area contributed by atoms with Crippen molar-refractivity contribution in [3.05, 3.63) is 59.2 Å². The number of hydrogen-bond donors (Lipinski definition) is 3. The molecule has 2 aromatic rings. The predicted molar refractivity (Wildman–Crippen MR) is 123 cm³/mol. The molecule has 5 nitrogen and oxygen atoms in total. The van der Waals surface area contributed by atoms with Gasteiger partial charge in [0.25, 0.3) is 0 Å². The van der Waals surface area contributed by atoms with Gasteiger partial charge in [-0.3, -0.25) is 4.99 Å². The van der Waals surface area contributed by atoms with Crippen LogP contribution in [0.3, 0.4) is 0 Å². The van der Waals surface area contributed by atoms with Gasteiger partial charge in [-0.05, 0) is 70.6 Å². The number of aryl methyl sites for hydroxylation is 1. The van der Waals surface area contributed by atoms with E-state index in [-0.39, 0.29) is 5.54 Å². The molecule has 154 valence electrons. The first-order valence-corrected chi connectivity index (χ1v) is 10.7. The van der Waals surface area contributed by atoms with E-state index in [9.17, 15) is 0 Å². The van der Waals surface area contributed by atoms with Gasteiger partial charge in [0.1, 0.15) is 5.84 Å². The van der Waals surface area contributed by atoms with Gasteiger partial charge in [0.2, 0.25) is 0 Å². The molecule has 4 rings (SSSR count). The summed E-state index contributed by atoms with van der Waals surface area (Å²) in [6.45, 7) is 5.89. The lowest BCUT2D eigenvalue weighted by Gasteiger charge is -2.44. The molecule has 0 aliphatic carbocycles. The van der Waals surface area contributed by atoms with Crippen LogP contribution in [0, 0.1) is 6.92 Å². The molecule has 3 N–H and O–H groups in total. The summed E-state index contributed by atoms with van der Waals surface area (Å²) in [5.74, 6) is 1.09. The maximum absolute atomic E-state index is 5.11. The van der Waals surface area contributed by atoms with Crippen LogP contribution >= 0.6 is 0 Å². The predicted octanol–water partition coefficient (Wildman–Crippen LogP) is 3.66. The molecule has 29 heavy (non-hydrogen) atoms. The quantitative estimate of drug-likeness (QED) is 0.728. The first kappa shape index (κ1) is 19.9. The van der Waals surface area contributed by atoms with Gasteiger partial charge in [-0.1, -0.05) is 42.0 Å². The normalized spacial score (nSPS) is 19.1. The van der Waals surface area contributed by atoms with Gasteiger partial charge in [-0.15, -0.1) is 0 Å². The summed E-state index contributed by atoms with van der Waals surface area (Å²) in [7, 11) is 4.25. The van der Waals surface area contributed by atoms with Crippen LogP contribution in [-0.2, 0) is 13.0 Å². The lowest BCUT2D eigenvalue weighted by Crippen LogP contribution is -2.58. The number of fused-ring (bicyclic) bond motifs is 1. The topological polar surface area (TPSA) is 51.7 Å². The van der Waals surface area contributed by atoms with E-state index in [1.54, 1.807) is 0 Å². The Bertz CT molecular complexity index is 881. The van der Waals surface area contributed by atoms with Crippen molar-refractivity contribution in [1.29, 1.82) is 0 Å². The molecule has 0 amide bonds. The third kappa shape index (κ3) is 4.46. The Balaban J connectivity index is 1.66. The zero-order valence-electron chi connectivity index (χ0n) is 17.9. The SMILES string of the molecule is Cc1cccc(CN=C2Nc3c(CCN(C)C)cccc3NC23CCNCC3)c1. The number of piperidine rings is 1.